The maximum Gasteiger partial charge on any atom is 0.0898 e. The van der Waals surface area contributed by atoms with Gasteiger partial charge in [0.2, 0.25) is 0 Å². The lowest BCUT2D eigenvalue weighted by Gasteiger charge is -2.06. The normalized spacial score (nSPS) is 10.6. The van der Waals surface area contributed by atoms with Crippen LogP contribution < -0.4 is 5.32 Å². The first-order valence-corrected chi connectivity index (χ1v) is 7.39. The van der Waals surface area contributed by atoms with Crippen molar-refractivity contribution in [2.24, 2.45) is 0 Å². The van der Waals surface area contributed by atoms with Gasteiger partial charge in [0, 0.05) is 11.1 Å². The van der Waals surface area contributed by atoms with Crippen LogP contribution in [0.3, 0.4) is 0 Å². The van der Waals surface area contributed by atoms with Gasteiger partial charge in [0.15, 0.2) is 0 Å². The number of aryl methyl sites for hydroxylation is 2. The van der Waals surface area contributed by atoms with E-state index in [1.54, 1.807) is 11.3 Å². The Kier molecular flexibility index (Phi) is 4.76. The summed E-state index contributed by atoms with van der Waals surface area (Å²) in [5.74, 6) is 0. The Bertz CT molecular complexity index is 473. The Labute approximate surface area is 113 Å². The fourth-order valence-electron chi connectivity index (χ4n) is 1.85. The molecule has 0 unspecified atom stereocenters. The Morgan fingerprint density at radius 2 is 2.00 bits per heavy atom. The maximum absolute atomic E-state index is 4.44. The van der Waals surface area contributed by atoms with Gasteiger partial charge < -0.3 is 5.32 Å². The Hall–Kier alpha value is -1.35. The molecule has 0 saturated heterocycles. The van der Waals surface area contributed by atoms with Gasteiger partial charge in [0.1, 0.15) is 0 Å². The molecule has 1 heterocycles. The van der Waals surface area contributed by atoms with E-state index >= 15 is 0 Å². The van der Waals surface area contributed by atoms with Gasteiger partial charge in [-0.25, -0.2) is 4.98 Å². The SMILES string of the molecule is CCCCc1ccc(NCc2csc(C)n2)cc1. The highest BCUT2D eigenvalue weighted by Crippen LogP contribution is 2.14. The predicted octanol–water partition coefficient (Wildman–Crippen LogP) is 4.41. The third-order valence-electron chi connectivity index (χ3n) is 2.91. The molecule has 18 heavy (non-hydrogen) atoms. The minimum absolute atomic E-state index is 0.804. The number of nitrogens with one attached hydrogen (secondary N) is 1. The zero-order chi connectivity index (χ0) is 12.8. The van der Waals surface area contributed by atoms with E-state index in [2.05, 4.69) is 46.9 Å². The summed E-state index contributed by atoms with van der Waals surface area (Å²) in [5.41, 5.74) is 3.71. The minimum Gasteiger partial charge on any atom is -0.379 e. The smallest absolute Gasteiger partial charge is 0.0898 e. The number of aromatic nitrogens is 1. The molecule has 0 radical (unpaired) electrons. The minimum atomic E-state index is 0.804. The molecule has 0 spiro atoms. The van der Waals surface area contributed by atoms with E-state index < -0.39 is 0 Å². The third kappa shape index (κ3) is 3.84. The van der Waals surface area contributed by atoms with Crippen LogP contribution in [-0.4, -0.2) is 4.98 Å². The first kappa shape index (κ1) is 13.1. The average Bonchev–Trinajstić information content (AvgIpc) is 2.81. The van der Waals surface area contributed by atoms with Gasteiger partial charge >= 0.3 is 0 Å². The molecule has 0 aliphatic carbocycles. The maximum atomic E-state index is 4.44. The molecule has 0 atom stereocenters. The van der Waals surface area contributed by atoms with Crippen molar-refractivity contribution in [2.45, 2.75) is 39.7 Å². The van der Waals surface area contributed by atoms with Crippen molar-refractivity contribution in [2.75, 3.05) is 5.32 Å². The standard InChI is InChI=1S/C15H20N2S/c1-3-4-5-13-6-8-14(9-7-13)16-10-15-11-18-12(2)17-15/h6-9,11,16H,3-5,10H2,1-2H3. The first-order valence-electron chi connectivity index (χ1n) is 6.51. The molecule has 0 amide bonds. The zero-order valence-electron chi connectivity index (χ0n) is 11.1. The number of hydrogen-bond donors (Lipinski definition) is 1. The molecule has 0 aliphatic rings. The van der Waals surface area contributed by atoms with E-state index in [9.17, 15) is 0 Å². The lowest BCUT2D eigenvalue weighted by Crippen LogP contribution is -1.99. The van der Waals surface area contributed by atoms with E-state index in [4.69, 9.17) is 0 Å². The van der Waals surface area contributed by atoms with Crippen molar-refractivity contribution in [3.63, 3.8) is 0 Å². The molecular formula is C15H20N2S. The topological polar surface area (TPSA) is 24.9 Å². The molecule has 0 saturated carbocycles. The molecule has 0 bridgehead atoms. The second kappa shape index (κ2) is 6.55. The van der Waals surface area contributed by atoms with Gasteiger partial charge in [0.25, 0.3) is 0 Å². The summed E-state index contributed by atoms with van der Waals surface area (Å²) >= 11 is 1.70. The van der Waals surface area contributed by atoms with Crippen molar-refractivity contribution >= 4 is 17.0 Å². The molecular weight excluding hydrogens is 240 g/mol. The van der Waals surface area contributed by atoms with Crippen molar-refractivity contribution in [3.8, 4) is 0 Å². The zero-order valence-corrected chi connectivity index (χ0v) is 11.9. The number of hydrogen-bond acceptors (Lipinski definition) is 3. The summed E-state index contributed by atoms with van der Waals surface area (Å²) in [6.07, 6.45) is 3.70. The average molecular weight is 260 g/mol. The number of unbranched alkanes of at least 4 members (excludes halogenated alkanes) is 1. The number of benzene rings is 1. The monoisotopic (exact) mass is 260 g/mol. The highest BCUT2D eigenvalue weighted by atomic mass is 32.1. The number of thiazole rings is 1. The molecule has 0 aliphatic heterocycles. The van der Waals surface area contributed by atoms with Gasteiger partial charge in [-0.15, -0.1) is 11.3 Å². The second-order valence-corrected chi connectivity index (χ2v) is 5.57. The van der Waals surface area contributed by atoms with Gasteiger partial charge in [-0.3, -0.25) is 0 Å². The Balaban J connectivity index is 1.86. The van der Waals surface area contributed by atoms with Gasteiger partial charge in [-0.05, 0) is 37.5 Å². The molecule has 1 N–H and O–H groups in total. The largest absolute Gasteiger partial charge is 0.379 e. The summed E-state index contributed by atoms with van der Waals surface area (Å²) in [7, 11) is 0. The van der Waals surface area contributed by atoms with Gasteiger partial charge in [-0.2, -0.15) is 0 Å². The van der Waals surface area contributed by atoms with Crippen molar-refractivity contribution in [1.29, 1.82) is 0 Å². The van der Waals surface area contributed by atoms with Crippen LogP contribution in [-0.2, 0) is 13.0 Å². The quantitative estimate of drug-likeness (QED) is 0.832. The van der Waals surface area contributed by atoms with Crippen LogP contribution in [0.1, 0.15) is 36.0 Å². The molecule has 0 fully saturated rings. The number of anilines is 1. The molecule has 3 heteroatoms. The predicted molar refractivity (Wildman–Crippen MR) is 79.2 cm³/mol. The highest BCUT2D eigenvalue weighted by molar-refractivity contribution is 7.09. The van der Waals surface area contributed by atoms with E-state index in [-0.39, 0.29) is 0 Å². The lowest BCUT2D eigenvalue weighted by molar-refractivity contribution is 0.795. The second-order valence-electron chi connectivity index (χ2n) is 4.51. The van der Waals surface area contributed by atoms with Crippen molar-refractivity contribution < 1.29 is 0 Å². The lowest BCUT2D eigenvalue weighted by atomic mass is 10.1. The van der Waals surface area contributed by atoms with Crippen LogP contribution in [0.5, 0.6) is 0 Å². The van der Waals surface area contributed by atoms with E-state index in [0.29, 0.717) is 0 Å². The van der Waals surface area contributed by atoms with Crippen LogP contribution in [0, 0.1) is 6.92 Å². The molecule has 1 aromatic carbocycles. The highest BCUT2D eigenvalue weighted by Gasteiger charge is 1.98. The van der Waals surface area contributed by atoms with Crippen LogP contribution in [0.2, 0.25) is 0 Å². The summed E-state index contributed by atoms with van der Waals surface area (Å²) in [6.45, 7) is 5.07. The fraction of sp³-hybridized carbons (Fsp3) is 0.400. The molecule has 1 aromatic heterocycles. The van der Waals surface area contributed by atoms with Crippen LogP contribution in [0.4, 0.5) is 5.69 Å². The number of nitrogens with zero attached hydrogens (tertiary/aromatic N) is 1. The summed E-state index contributed by atoms with van der Waals surface area (Å²) in [4.78, 5) is 4.44. The Morgan fingerprint density at radius 3 is 2.61 bits per heavy atom. The van der Waals surface area contributed by atoms with Crippen molar-refractivity contribution in [3.05, 3.63) is 45.9 Å². The van der Waals surface area contributed by atoms with Crippen LogP contribution >= 0.6 is 11.3 Å². The number of rotatable bonds is 6. The van der Waals surface area contributed by atoms with Crippen LogP contribution in [0.15, 0.2) is 29.6 Å². The fourth-order valence-corrected chi connectivity index (χ4v) is 2.46. The van der Waals surface area contributed by atoms with Crippen molar-refractivity contribution in [1.82, 2.24) is 4.98 Å². The van der Waals surface area contributed by atoms with E-state index in [1.165, 1.54) is 30.5 Å². The van der Waals surface area contributed by atoms with Gasteiger partial charge in [-0.1, -0.05) is 25.5 Å². The van der Waals surface area contributed by atoms with E-state index in [0.717, 1.165) is 17.2 Å². The summed E-state index contributed by atoms with van der Waals surface area (Å²) in [5, 5.41) is 6.64. The Morgan fingerprint density at radius 1 is 1.22 bits per heavy atom. The molecule has 2 aromatic rings. The van der Waals surface area contributed by atoms with Gasteiger partial charge in [0.05, 0.1) is 17.2 Å². The first-order chi connectivity index (χ1) is 8.78. The summed E-state index contributed by atoms with van der Waals surface area (Å²) < 4.78 is 0. The molecule has 2 rings (SSSR count). The summed E-state index contributed by atoms with van der Waals surface area (Å²) in [6, 6.07) is 8.74. The third-order valence-corrected chi connectivity index (χ3v) is 3.74. The molecule has 96 valence electrons. The van der Waals surface area contributed by atoms with Crippen LogP contribution in [0.25, 0.3) is 0 Å². The van der Waals surface area contributed by atoms with E-state index in [1.807, 2.05) is 6.92 Å². The molecule has 2 nitrogen and oxygen atoms in total.